The van der Waals surface area contributed by atoms with Gasteiger partial charge in [0.1, 0.15) is 0 Å². The molecule has 0 radical (unpaired) electrons. The summed E-state index contributed by atoms with van der Waals surface area (Å²) in [5.41, 5.74) is 7.49. The second-order valence-corrected chi connectivity index (χ2v) is 6.68. The molecule has 0 aliphatic rings. The van der Waals surface area contributed by atoms with Gasteiger partial charge in [-0.25, -0.2) is 0 Å². The lowest BCUT2D eigenvalue weighted by Crippen LogP contribution is -1.88. The van der Waals surface area contributed by atoms with Crippen LogP contribution in [0.25, 0.3) is 22.4 Å². The van der Waals surface area contributed by atoms with Crippen LogP contribution >= 0.6 is 0 Å². The molecule has 0 bridgehead atoms. The van der Waals surface area contributed by atoms with E-state index in [-0.39, 0.29) is 0 Å². The minimum Gasteiger partial charge on any atom is -0.256 e. The highest BCUT2D eigenvalue weighted by atomic mass is 14.7. The highest BCUT2D eigenvalue weighted by molar-refractivity contribution is 5.69. The number of nitrogens with zero attached hydrogens (tertiary/aromatic N) is 1. The molecule has 0 fully saturated rings. The van der Waals surface area contributed by atoms with Gasteiger partial charge >= 0.3 is 0 Å². The number of unbranched alkanes of at least 4 members (excludes halogenated alkanes) is 1. The van der Waals surface area contributed by atoms with Gasteiger partial charge in [0.2, 0.25) is 0 Å². The minimum atomic E-state index is 1.04. The van der Waals surface area contributed by atoms with Crippen LogP contribution < -0.4 is 0 Å². The molecule has 0 atom stereocenters. The first kappa shape index (κ1) is 17.4. The topological polar surface area (TPSA) is 12.9 Å². The normalized spacial score (nSPS) is 10.8. The molecule has 1 nitrogen and oxygen atoms in total. The zero-order valence-corrected chi connectivity index (χ0v) is 15.3. The van der Waals surface area contributed by atoms with E-state index in [9.17, 15) is 0 Å². The first-order valence-electron chi connectivity index (χ1n) is 9.45. The van der Waals surface area contributed by atoms with Crippen LogP contribution in [-0.4, -0.2) is 4.98 Å². The van der Waals surface area contributed by atoms with Crippen molar-refractivity contribution in [3.8, 4) is 22.4 Å². The molecule has 25 heavy (non-hydrogen) atoms. The van der Waals surface area contributed by atoms with Gasteiger partial charge in [0, 0.05) is 11.8 Å². The Morgan fingerprint density at radius 2 is 1.20 bits per heavy atom. The Labute approximate surface area is 151 Å². The average Bonchev–Trinajstić information content (AvgIpc) is 2.68. The summed E-state index contributed by atoms with van der Waals surface area (Å²) in [6, 6.07) is 22.0. The lowest BCUT2D eigenvalue weighted by molar-refractivity contribution is 0.795. The van der Waals surface area contributed by atoms with Crippen LogP contribution in [0.3, 0.4) is 0 Å². The molecule has 128 valence electrons. The molecular formula is C24H27N. The molecule has 1 heteroatoms. The fraction of sp³-hybridized carbons (Fsp3) is 0.292. The maximum absolute atomic E-state index is 4.61. The summed E-state index contributed by atoms with van der Waals surface area (Å²) >= 11 is 0. The Morgan fingerprint density at radius 1 is 0.600 bits per heavy atom. The SMILES string of the molecule is CCCCc1ccc(-c2ccc(-c3ccc(CCC)cn3)cc2)cc1. The van der Waals surface area contributed by atoms with E-state index in [0.717, 1.165) is 18.5 Å². The summed E-state index contributed by atoms with van der Waals surface area (Å²) in [4.78, 5) is 4.61. The van der Waals surface area contributed by atoms with Crippen LogP contribution in [0.4, 0.5) is 0 Å². The van der Waals surface area contributed by atoms with Crippen LogP contribution in [0.1, 0.15) is 44.2 Å². The van der Waals surface area contributed by atoms with Gasteiger partial charge in [-0.05, 0) is 47.6 Å². The predicted octanol–water partition coefficient (Wildman–Crippen LogP) is 6.71. The molecule has 0 unspecified atom stereocenters. The van der Waals surface area contributed by atoms with Gasteiger partial charge in [-0.15, -0.1) is 0 Å². The van der Waals surface area contributed by atoms with Crippen LogP contribution in [0.2, 0.25) is 0 Å². The van der Waals surface area contributed by atoms with E-state index in [4.69, 9.17) is 0 Å². The Bertz CT molecular complexity index is 768. The van der Waals surface area contributed by atoms with Crippen LogP contribution in [0, 0.1) is 0 Å². The Morgan fingerprint density at radius 3 is 1.76 bits per heavy atom. The summed E-state index contributed by atoms with van der Waals surface area (Å²) in [5.74, 6) is 0. The molecule has 3 rings (SSSR count). The average molecular weight is 329 g/mol. The number of hydrogen-bond donors (Lipinski definition) is 0. The maximum Gasteiger partial charge on any atom is 0.0702 e. The monoisotopic (exact) mass is 329 g/mol. The summed E-state index contributed by atoms with van der Waals surface area (Å²) < 4.78 is 0. The van der Waals surface area contributed by atoms with E-state index < -0.39 is 0 Å². The maximum atomic E-state index is 4.61. The standard InChI is InChI=1S/C24H27N/c1-3-5-7-19-8-11-21(12-9-19)22-13-15-23(16-14-22)24-17-10-20(6-4-2)18-25-24/h8-18H,3-7H2,1-2H3. The zero-order valence-electron chi connectivity index (χ0n) is 15.3. The van der Waals surface area contributed by atoms with Gasteiger partial charge < -0.3 is 0 Å². The molecular weight excluding hydrogens is 302 g/mol. The van der Waals surface area contributed by atoms with Gasteiger partial charge in [-0.1, -0.05) is 81.3 Å². The number of pyridine rings is 1. The lowest BCUT2D eigenvalue weighted by Gasteiger charge is -2.07. The van der Waals surface area contributed by atoms with E-state index in [2.05, 4.69) is 79.5 Å². The van der Waals surface area contributed by atoms with Gasteiger partial charge in [-0.2, -0.15) is 0 Å². The van der Waals surface area contributed by atoms with Gasteiger partial charge in [0.05, 0.1) is 5.69 Å². The smallest absolute Gasteiger partial charge is 0.0702 e. The largest absolute Gasteiger partial charge is 0.256 e. The fourth-order valence-corrected chi connectivity index (χ4v) is 3.11. The van der Waals surface area contributed by atoms with E-state index in [1.54, 1.807) is 0 Å². The molecule has 0 spiro atoms. The minimum absolute atomic E-state index is 1.04. The molecule has 3 aromatic rings. The Balaban J connectivity index is 1.73. The van der Waals surface area contributed by atoms with Crippen molar-refractivity contribution in [2.24, 2.45) is 0 Å². The first-order valence-corrected chi connectivity index (χ1v) is 9.45. The summed E-state index contributed by atoms with van der Waals surface area (Å²) in [5, 5.41) is 0. The van der Waals surface area contributed by atoms with Gasteiger partial charge in [-0.3, -0.25) is 4.98 Å². The summed E-state index contributed by atoms with van der Waals surface area (Å²) in [6.45, 7) is 4.44. The molecule has 0 saturated heterocycles. The molecule has 0 saturated carbocycles. The molecule has 1 heterocycles. The fourth-order valence-electron chi connectivity index (χ4n) is 3.11. The number of benzene rings is 2. The van der Waals surface area contributed by atoms with E-state index >= 15 is 0 Å². The van der Waals surface area contributed by atoms with Crippen LogP contribution in [0.5, 0.6) is 0 Å². The Hall–Kier alpha value is -2.41. The van der Waals surface area contributed by atoms with Crippen molar-refractivity contribution in [3.63, 3.8) is 0 Å². The zero-order chi connectivity index (χ0) is 17.5. The molecule has 0 N–H and O–H groups in total. The van der Waals surface area contributed by atoms with Crippen molar-refractivity contribution < 1.29 is 0 Å². The molecule has 2 aromatic carbocycles. The van der Waals surface area contributed by atoms with E-state index in [1.807, 2.05) is 6.20 Å². The highest BCUT2D eigenvalue weighted by Gasteiger charge is 2.02. The van der Waals surface area contributed by atoms with Crippen LogP contribution in [-0.2, 0) is 12.8 Å². The van der Waals surface area contributed by atoms with Crippen molar-refractivity contribution in [2.75, 3.05) is 0 Å². The second kappa shape index (κ2) is 8.62. The van der Waals surface area contributed by atoms with E-state index in [0.29, 0.717) is 0 Å². The predicted molar refractivity (Wildman–Crippen MR) is 108 cm³/mol. The third-order valence-electron chi connectivity index (χ3n) is 4.65. The molecule has 0 aliphatic heterocycles. The van der Waals surface area contributed by atoms with Crippen molar-refractivity contribution in [3.05, 3.63) is 78.0 Å². The molecule has 0 amide bonds. The molecule has 1 aromatic heterocycles. The molecule has 0 aliphatic carbocycles. The van der Waals surface area contributed by atoms with Crippen molar-refractivity contribution in [2.45, 2.75) is 46.0 Å². The number of aromatic nitrogens is 1. The third-order valence-corrected chi connectivity index (χ3v) is 4.65. The second-order valence-electron chi connectivity index (χ2n) is 6.68. The van der Waals surface area contributed by atoms with Crippen molar-refractivity contribution in [1.29, 1.82) is 0 Å². The van der Waals surface area contributed by atoms with Crippen LogP contribution in [0.15, 0.2) is 66.9 Å². The van der Waals surface area contributed by atoms with Gasteiger partial charge in [0.15, 0.2) is 0 Å². The lowest BCUT2D eigenvalue weighted by atomic mass is 10.00. The first-order chi connectivity index (χ1) is 12.3. The number of hydrogen-bond acceptors (Lipinski definition) is 1. The summed E-state index contributed by atoms with van der Waals surface area (Å²) in [6.07, 6.45) is 7.94. The Kier molecular flexibility index (Phi) is 6.00. The van der Waals surface area contributed by atoms with Gasteiger partial charge in [0.25, 0.3) is 0 Å². The number of rotatable bonds is 7. The number of aryl methyl sites for hydroxylation is 2. The quantitative estimate of drug-likeness (QED) is 0.469. The van der Waals surface area contributed by atoms with Crippen molar-refractivity contribution in [1.82, 2.24) is 4.98 Å². The highest BCUT2D eigenvalue weighted by Crippen LogP contribution is 2.24. The van der Waals surface area contributed by atoms with E-state index in [1.165, 1.54) is 47.1 Å². The third kappa shape index (κ3) is 4.57. The van der Waals surface area contributed by atoms with Crippen molar-refractivity contribution >= 4 is 0 Å². The summed E-state index contributed by atoms with van der Waals surface area (Å²) in [7, 11) is 0.